The minimum absolute atomic E-state index is 0.0185. The summed E-state index contributed by atoms with van der Waals surface area (Å²) in [4.78, 5) is 0. The molecule has 18 heavy (non-hydrogen) atoms. The number of hydrogen-bond donors (Lipinski definition) is 1. The molecule has 1 fully saturated rings. The first-order valence-corrected chi connectivity index (χ1v) is 6.64. The van der Waals surface area contributed by atoms with E-state index in [-0.39, 0.29) is 6.04 Å². The second kappa shape index (κ2) is 5.55. The number of alkyl halides is 1. The maximum atomic E-state index is 14.9. The molecule has 2 atom stereocenters. The predicted octanol–water partition coefficient (Wildman–Crippen LogP) is 2.12. The summed E-state index contributed by atoms with van der Waals surface area (Å²) in [5, 5.41) is 7.73. The van der Waals surface area contributed by atoms with E-state index in [1.54, 1.807) is 11.6 Å². The van der Waals surface area contributed by atoms with Crippen molar-refractivity contribution in [2.24, 2.45) is 0 Å². The van der Waals surface area contributed by atoms with Gasteiger partial charge in [-0.05, 0) is 13.8 Å². The molecule has 1 saturated heterocycles. The van der Waals surface area contributed by atoms with Crippen molar-refractivity contribution in [3.8, 4) is 0 Å². The van der Waals surface area contributed by atoms with Gasteiger partial charge in [-0.25, -0.2) is 4.39 Å². The Morgan fingerprint density at radius 1 is 1.72 bits per heavy atom. The van der Waals surface area contributed by atoms with Gasteiger partial charge in [-0.1, -0.05) is 11.6 Å². The summed E-state index contributed by atoms with van der Waals surface area (Å²) in [6.07, 6.45) is 1.83. The Morgan fingerprint density at radius 3 is 3.11 bits per heavy atom. The minimum Gasteiger partial charge on any atom is -0.379 e. The topological polar surface area (TPSA) is 39.1 Å². The van der Waals surface area contributed by atoms with Gasteiger partial charge in [0.2, 0.25) is 0 Å². The normalized spacial score (nSPS) is 23.9. The molecule has 1 aromatic rings. The van der Waals surface area contributed by atoms with Crippen LogP contribution in [0, 0.1) is 0 Å². The lowest BCUT2D eigenvalue weighted by atomic mass is 9.94. The molecule has 1 N–H and O–H groups in total. The van der Waals surface area contributed by atoms with Crippen LogP contribution in [0.15, 0.2) is 6.20 Å². The van der Waals surface area contributed by atoms with Crippen LogP contribution in [0.1, 0.15) is 26.0 Å². The van der Waals surface area contributed by atoms with Crippen molar-refractivity contribution in [2.45, 2.75) is 38.5 Å². The summed E-state index contributed by atoms with van der Waals surface area (Å²) in [6.45, 7) is 6.07. The highest BCUT2D eigenvalue weighted by atomic mass is 35.5. The van der Waals surface area contributed by atoms with Crippen LogP contribution >= 0.6 is 11.6 Å². The summed E-state index contributed by atoms with van der Waals surface area (Å²) >= 11 is 6.05. The Hall–Kier alpha value is -0.650. The number of morpholine rings is 1. The summed E-state index contributed by atoms with van der Waals surface area (Å²) < 4.78 is 21.9. The second-order valence-electron chi connectivity index (χ2n) is 4.78. The Balaban J connectivity index is 2.15. The summed E-state index contributed by atoms with van der Waals surface area (Å²) in [7, 11) is 0. The lowest BCUT2D eigenvalue weighted by Crippen LogP contribution is -2.44. The van der Waals surface area contributed by atoms with Crippen LogP contribution in [0.3, 0.4) is 0 Å². The first-order chi connectivity index (χ1) is 8.54. The molecule has 0 aromatic carbocycles. The molecule has 0 saturated carbocycles. The first-order valence-electron chi connectivity index (χ1n) is 6.26. The molecule has 0 amide bonds. The highest BCUT2D eigenvalue weighted by Gasteiger charge is 2.35. The maximum absolute atomic E-state index is 14.9. The molecule has 0 spiro atoms. The van der Waals surface area contributed by atoms with Crippen molar-refractivity contribution in [1.82, 2.24) is 15.1 Å². The van der Waals surface area contributed by atoms with E-state index >= 15 is 0 Å². The van der Waals surface area contributed by atoms with Crippen molar-refractivity contribution in [3.05, 3.63) is 16.9 Å². The van der Waals surface area contributed by atoms with Gasteiger partial charge in [-0.2, -0.15) is 5.10 Å². The molecule has 1 aromatic heterocycles. The summed E-state index contributed by atoms with van der Waals surface area (Å²) in [5.74, 6) is 0. The number of aromatic nitrogens is 2. The predicted molar refractivity (Wildman–Crippen MR) is 68.6 cm³/mol. The van der Waals surface area contributed by atoms with Crippen molar-refractivity contribution >= 4 is 11.6 Å². The number of halogens is 2. The number of aryl methyl sites for hydroxylation is 1. The largest absolute Gasteiger partial charge is 0.379 e. The minimum atomic E-state index is -1.51. The summed E-state index contributed by atoms with van der Waals surface area (Å²) in [6, 6.07) is 0.0185. The van der Waals surface area contributed by atoms with E-state index in [0.717, 1.165) is 6.54 Å². The van der Waals surface area contributed by atoms with Gasteiger partial charge in [0.05, 0.1) is 30.1 Å². The monoisotopic (exact) mass is 275 g/mol. The third-order valence-corrected chi connectivity index (χ3v) is 3.49. The molecule has 4 nitrogen and oxygen atoms in total. The van der Waals surface area contributed by atoms with E-state index in [2.05, 4.69) is 10.4 Å². The molecule has 0 aliphatic carbocycles. The molecule has 2 unspecified atom stereocenters. The molecular weight excluding hydrogens is 257 g/mol. The number of rotatable bonds is 4. The van der Waals surface area contributed by atoms with E-state index in [4.69, 9.17) is 16.3 Å². The number of hydrogen-bond acceptors (Lipinski definition) is 3. The van der Waals surface area contributed by atoms with Crippen molar-refractivity contribution in [2.75, 3.05) is 19.8 Å². The quantitative estimate of drug-likeness (QED) is 0.915. The van der Waals surface area contributed by atoms with E-state index in [1.165, 1.54) is 6.20 Å². The third-order valence-electron chi connectivity index (χ3n) is 3.22. The van der Waals surface area contributed by atoms with Gasteiger partial charge >= 0.3 is 0 Å². The number of ether oxygens (including phenoxy) is 1. The Bertz CT molecular complexity index is 402. The van der Waals surface area contributed by atoms with Crippen molar-refractivity contribution in [1.29, 1.82) is 0 Å². The average molecular weight is 276 g/mol. The molecule has 1 aliphatic rings. The number of nitrogens with one attached hydrogen (secondary N) is 1. The lowest BCUT2D eigenvalue weighted by Gasteiger charge is -2.30. The molecule has 102 valence electrons. The zero-order valence-electron chi connectivity index (χ0n) is 10.7. The van der Waals surface area contributed by atoms with Crippen LogP contribution in [0.2, 0.25) is 5.02 Å². The van der Waals surface area contributed by atoms with Gasteiger partial charge in [0, 0.05) is 25.6 Å². The van der Waals surface area contributed by atoms with Crippen LogP contribution in [0.5, 0.6) is 0 Å². The Morgan fingerprint density at radius 2 is 2.50 bits per heavy atom. The second-order valence-corrected chi connectivity index (χ2v) is 5.19. The zero-order chi connectivity index (χ0) is 13.2. The molecule has 6 heteroatoms. The van der Waals surface area contributed by atoms with Crippen molar-refractivity contribution < 1.29 is 9.13 Å². The van der Waals surface area contributed by atoms with E-state index in [9.17, 15) is 4.39 Å². The van der Waals surface area contributed by atoms with E-state index in [1.807, 2.05) is 6.92 Å². The fourth-order valence-electron chi connectivity index (χ4n) is 2.43. The van der Waals surface area contributed by atoms with Crippen LogP contribution in [0.25, 0.3) is 0 Å². The molecule has 2 rings (SSSR count). The lowest BCUT2D eigenvalue weighted by molar-refractivity contribution is 0.0450. The Kier molecular flexibility index (Phi) is 4.25. The van der Waals surface area contributed by atoms with Crippen LogP contribution in [0.4, 0.5) is 4.39 Å². The van der Waals surface area contributed by atoms with Gasteiger partial charge < -0.3 is 10.1 Å². The highest BCUT2D eigenvalue weighted by Crippen LogP contribution is 2.35. The maximum Gasteiger partial charge on any atom is 0.152 e. The molecular formula is C12H19ClFN3O. The van der Waals surface area contributed by atoms with Crippen LogP contribution in [-0.4, -0.2) is 35.6 Å². The molecule has 2 heterocycles. The molecule has 0 bridgehead atoms. The standard InChI is InChI=1S/C12H19ClFN3O/c1-3-17-11(10(13)7-16-17)12(2,14)6-9-8-18-5-4-15-9/h7,9,15H,3-6,8H2,1-2H3. The van der Waals surface area contributed by atoms with Crippen LogP contribution < -0.4 is 5.32 Å². The molecule has 1 aliphatic heterocycles. The third kappa shape index (κ3) is 2.84. The molecule has 0 radical (unpaired) electrons. The Labute approximate surface area is 111 Å². The fraction of sp³-hybridized carbons (Fsp3) is 0.750. The van der Waals surface area contributed by atoms with Crippen molar-refractivity contribution in [3.63, 3.8) is 0 Å². The highest BCUT2D eigenvalue weighted by molar-refractivity contribution is 6.31. The smallest absolute Gasteiger partial charge is 0.152 e. The van der Waals surface area contributed by atoms with Gasteiger partial charge in [-0.3, -0.25) is 4.68 Å². The van der Waals surface area contributed by atoms with Crippen LogP contribution in [-0.2, 0) is 17.0 Å². The fourth-order valence-corrected chi connectivity index (χ4v) is 2.77. The zero-order valence-corrected chi connectivity index (χ0v) is 11.5. The van der Waals surface area contributed by atoms with Gasteiger partial charge in [-0.15, -0.1) is 0 Å². The van der Waals surface area contributed by atoms with Gasteiger partial charge in [0.1, 0.15) is 0 Å². The first kappa shape index (κ1) is 13.8. The average Bonchev–Trinajstić information content (AvgIpc) is 2.72. The van der Waals surface area contributed by atoms with Gasteiger partial charge in [0.15, 0.2) is 5.67 Å². The SMILES string of the molecule is CCn1ncc(Cl)c1C(C)(F)CC1COCCN1. The summed E-state index contributed by atoms with van der Waals surface area (Å²) in [5.41, 5.74) is -1.05. The van der Waals surface area contributed by atoms with E-state index < -0.39 is 5.67 Å². The van der Waals surface area contributed by atoms with E-state index in [0.29, 0.717) is 36.9 Å². The van der Waals surface area contributed by atoms with Gasteiger partial charge in [0.25, 0.3) is 0 Å². The number of nitrogens with zero attached hydrogens (tertiary/aromatic N) is 2.